The molecular formula is C6H7NSe. The van der Waals surface area contributed by atoms with Crippen LogP contribution in [0.1, 0.15) is 5.56 Å². The predicted octanol–water partition coefficient (Wildman–Crippen LogP) is -0.0839. The molecule has 0 fully saturated rings. The minimum absolute atomic E-state index is 1.06. The van der Waals surface area contributed by atoms with Crippen molar-refractivity contribution in [2.24, 2.45) is 0 Å². The second-order valence-corrected chi connectivity index (χ2v) is 2.53. The molecule has 42 valence electrons. The molecule has 1 aromatic rings. The van der Waals surface area contributed by atoms with Crippen LogP contribution in [-0.2, 0) is 0 Å². The molecule has 0 saturated heterocycles. The van der Waals surface area contributed by atoms with E-state index >= 15 is 0 Å². The van der Waals surface area contributed by atoms with E-state index in [4.69, 9.17) is 0 Å². The van der Waals surface area contributed by atoms with Crippen molar-refractivity contribution in [3.63, 3.8) is 0 Å². The summed E-state index contributed by atoms with van der Waals surface area (Å²) in [6, 6.07) is 3.98. The average Bonchev–Trinajstić information content (AvgIpc) is 1.77. The molecule has 1 heterocycles. The SMILES string of the molecule is Cc1cccnc1[SeH]. The molecule has 1 nitrogen and oxygen atoms in total. The normalized spacial score (nSPS) is 9.25. The van der Waals surface area contributed by atoms with Crippen LogP contribution in [-0.4, -0.2) is 21.0 Å². The fourth-order valence-corrected chi connectivity index (χ4v) is 0.774. The third-order valence-electron chi connectivity index (χ3n) is 0.982. The van der Waals surface area contributed by atoms with Gasteiger partial charge in [-0.05, 0) is 0 Å². The van der Waals surface area contributed by atoms with Gasteiger partial charge < -0.3 is 0 Å². The van der Waals surface area contributed by atoms with Crippen molar-refractivity contribution in [3.05, 3.63) is 23.9 Å². The maximum atomic E-state index is 4.05. The van der Waals surface area contributed by atoms with Gasteiger partial charge in [-0.2, -0.15) is 0 Å². The Morgan fingerprint density at radius 1 is 1.62 bits per heavy atom. The van der Waals surface area contributed by atoms with Gasteiger partial charge in [-0.3, -0.25) is 0 Å². The van der Waals surface area contributed by atoms with E-state index in [-0.39, 0.29) is 0 Å². The Morgan fingerprint density at radius 3 is 2.75 bits per heavy atom. The molecule has 0 bridgehead atoms. The zero-order valence-electron chi connectivity index (χ0n) is 4.63. The molecule has 0 amide bonds. The zero-order valence-corrected chi connectivity index (χ0v) is 6.50. The van der Waals surface area contributed by atoms with E-state index in [1.165, 1.54) is 5.56 Å². The van der Waals surface area contributed by atoms with Gasteiger partial charge in [0.2, 0.25) is 0 Å². The summed E-state index contributed by atoms with van der Waals surface area (Å²) in [5.74, 6) is 0. The Balaban J connectivity index is 3.13. The summed E-state index contributed by atoms with van der Waals surface area (Å²) in [5, 5.41) is 0. The van der Waals surface area contributed by atoms with Crippen molar-refractivity contribution in [1.82, 2.24) is 4.98 Å². The van der Waals surface area contributed by atoms with Crippen molar-refractivity contribution in [2.45, 2.75) is 6.92 Å². The van der Waals surface area contributed by atoms with Crippen molar-refractivity contribution < 1.29 is 0 Å². The molecule has 0 N–H and O–H groups in total. The van der Waals surface area contributed by atoms with Crippen LogP contribution >= 0.6 is 0 Å². The molecule has 0 aliphatic heterocycles. The number of aryl methyl sites for hydroxylation is 1. The quantitative estimate of drug-likeness (QED) is 0.498. The van der Waals surface area contributed by atoms with Crippen LogP contribution in [0.2, 0.25) is 0 Å². The van der Waals surface area contributed by atoms with Crippen LogP contribution < -0.4 is 4.59 Å². The van der Waals surface area contributed by atoms with E-state index in [1.807, 2.05) is 19.1 Å². The molecular weight excluding hydrogens is 165 g/mol. The van der Waals surface area contributed by atoms with Crippen LogP contribution in [0.5, 0.6) is 0 Å². The summed E-state index contributed by atoms with van der Waals surface area (Å²) >= 11 is 2.43. The van der Waals surface area contributed by atoms with E-state index < -0.39 is 0 Å². The Kier molecular flexibility index (Phi) is 1.66. The molecule has 8 heavy (non-hydrogen) atoms. The van der Waals surface area contributed by atoms with Crippen LogP contribution in [0, 0.1) is 6.92 Å². The number of pyridine rings is 1. The summed E-state index contributed by atoms with van der Waals surface area (Å²) in [7, 11) is 0. The molecule has 0 spiro atoms. The van der Waals surface area contributed by atoms with Crippen LogP contribution in [0.4, 0.5) is 0 Å². The standard InChI is InChI=1S/C6H7NSe/c1-5-3-2-4-7-6(5)8/h2-4H,1H3,(H,7,8). The molecule has 1 aromatic heterocycles. The second kappa shape index (κ2) is 2.29. The van der Waals surface area contributed by atoms with Gasteiger partial charge in [0.05, 0.1) is 0 Å². The number of hydrogen-bond donors (Lipinski definition) is 0. The van der Waals surface area contributed by atoms with Crippen molar-refractivity contribution >= 4 is 20.6 Å². The van der Waals surface area contributed by atoms with Crippen molar-refractivity contribution in [2.75, 3.05) is 0 Å². The summed E-state index contributed by atoms with van der Waals surface area (Å²) in [6.07, 6.45) is 1.79. The minimum atomic E-state index is 1.06. The number of rotatable bonds is 0. The van der Waals surface area contributed by atoms with Crippen LogP contribution in [0.3, 0.4) is 0 Å². The number of aromatic nitrogens is 1. The number of nitrogens with zero attached hydrogens (tertiary/aromatic N) is 1. The molecule has 0 aliphatic carbocycles. The van der Waals surface area contributed by atoms with Gasteiger partial charge in [0.15, 0.2) is 0 Å². The Morgan fingerprint density at radius 2 is 2.38 bits per heavy atom. The maximum absolute atomic E-state index is 4.05. The first-order valence-corrected chi connectivity index (χ1v) is 3.35. The Bertz CT molecular complexity index is 165. The van der Waals surface area contributed by atoms with Crippen LogP contribution in [0.25, 0.3) is 0 Å². The first-order chi connectivity index (χ1) is 3.80. The molecule has 1 rings (SSSR count). The first kappa shape index (κ1) is 5.80. The van der Waals surface area contributed by atoms with Gasteiger partial charge in [-0.15, -0.1) is 0 Å². The summed E-state index contributed by atoms with van der Waals surface area (Å²) in [6.45, 7) is 2.04. The Hall–Kier alpha value is -0.331. The topological polar surface area (TPSA) is 12.9 Å². The number of hydrogen-bond acceptors (Lipinski definition) is 1. The van der Waals surface area contributed by atoms with Crippen molar-refractivity contribution in [3.8, 4) is 0 Å². The van der Waals surface area contributed by atoms with Gasteiger partial charge >= 0.3 is 56.4 Å². The fourth-order valence-electron chi connectivity index (χ4n) is 0.477. The molecule has 2 heteroatoms. The average molecular weight is 172 g/mol. The molecule has 0 aliphatic rings. The third-order valence-corrected chi connectivity index (χ3v) is 1.96. The monoisotopic (exact) mass is 173 g/mol. The van der Waals surface area contributed by atoms with E-state index in [0.717, 1.165) is 4.59 Å². The molecule has 0 unspecified atom stereocenters. The van der Waals surface area contributed by atoms with E-state index in [9.17, 15) is 0 Å². The summed E-state index contributed by atoms with van der Waals surface area (Å²) in [5.41, 5.74) is 1.23. The van der Waals surface area contributed by atoms with Crippen LogP contribution in [0.15, 0.2) is 18.3 Å². The van der Waals surface area contributed by atoms with E-state index in [1.54, 1.807) is 6.20 Å². The summed E-state index contributed by atoms with van der Waals surface area (Å²) < 4.78 is 1.06. The molecule has 0 aromatic carbocycles. The zero-order chi connectivity index (χ0) is 5.98. The van der Waals surface area contributed by atoms with E-state index in [0.29, 0.717) is 0 Å². The first-order valence-electron chi connectivity index (χ1n) is 2.41. The molecule has 0 atom stereocenters. The van der Waals surface area contributed by atoms with Crippen molar-refractivity contribution in [1.29, 1.82) is 0 Å². The van der Waals surface area contributed by atoms with Gasteiger partial charge in [-0.1, -0.05) is 0 Å². The van der Waals surface area contributed by atoms with Gasteiger partial charge in [-0.25, -0.2) is 0 Å². The second-order valence-electron chi connectivity index (χ2n) is 1.64. The summed E-state index contributed by atoms with van der Waals surface area (Å²) in [4.78, 5) is 4.05. The van der Waals surface area contributed by atoms with Gasteiger partial charge in [0.1, 0.15) is 0 Å². The predicted molar refractivity (Wildman–Crippen MR) is 35.8 cm³/mol. The van der Waals surface area contributed by atoms with E-state index in [2.05, 4.69) is 21.0 Å². The van der Waals surface area contributed by atoms with Gasteiger partial charge in [0, 0.05) is 0 Å². The van der Waals surface area contributed by atoms with Gasteiger partial charge in [0.25, 0.3) is 0 Å². The Labute approximate surface area is 57.0 Å². The fraction of sp³-hybridized carbons (Fsp3) is 0.167. The molecule has 0 saturated carbocycles. The third kappa shape index (κ3) is 1.09. The molecule has 0 radical (unpaired) electrons.